The summed E-state index contributed by atoms with van der Waals surface area (Å²) in [6, 6.07) is 6.74. The van der Waals surface area contributed by atoms with Crippen LogP contribution in [0.15, 0.2) is 24.4 Å². The second kappa shape index (κ2) is 5.82. The normalized spacial score (nSPS) is 10.0. The molecule has 0 spiro atoms. The molecule has 0 radical (unpaired) electrons. The summed E-state index contributed by atoms with van der Waals surface area (Å²) in [6.45, 7) is 0. The summed E-state index contributed by atoms with van der Waals surface area (Å²) in [4.78, 5) is 3.99. The molecule has 1 aromatic carbocycles. The van der Waals surface area contributed by atoms with Crippen LogP contribution >= 0.6 is 45.8 Å². The lowest BCUT2D eigenvalue weighted by Gasteiger charge is -2.11. The third-order valence-electron chi connectivity index (χ3n) is 2.17. The maximum absolute atomic E-state index is 8.84. The number of aromatic nitrogens is 1. The van der Waals surface area contributed by atoms with Crippen LogP contribution in [0.25, 0.3) is 0 Å². The lowest BCUT2D eigenvalue weighted by molar-refractivity contribution is 0.462. The Morgan fingerprint density at radius 1 is 1.32 bits per heavy atom. The highest BCUT2D eigenvalue weighted by Crippen LogP contribution is 2.36. The smallest absolute Gasteiger partial charge is 0.238 e. The molecule has 2 N–H and O–H groups in total. The number of nitriles is 1. The summed E-state index contributed by atoms with van der Waals surface area (Å²) >= 11 is 13.8. The van der Waals surface area contributed by atoms with Crippen molar-refractivity contribution in [2.45, 2.75) is 0 Å². The Morgan fingerprint density at radius 3 is 2.63 bits per heavy atom. The highest BCUT2D eigenvalue weighted by atomic mass is 127. The van der Waals surface area contributed by atoms with E-state index in [1.807, 2.05) is 28.7 Å². The molecule has 7 heteroatoms. The van der Waals surface area contributed by atoms with Gasteiger partial charge in [0.25, 0.3) is 0 Å². The Balaban J connectivity index is 2.41. The van der Waals surface area contributed by atoms with Gasteiger partial charge in [-0.05, 0) is 40.8 Å². The summed E-state index contributed by atoms with van der Waals surface area (Å²) in [5, 5.41) is 9.54. The molecule has 19 heavy (non-hydrogen) atoms. The van der Waals surface area contributed by atoms with Gasteiger partial charge in [0.05, 0.1) is 25.9 Å². The minimum atomic E-state index is 0.209. The van der Waals surface area contributed by atoms with Crippen LogP contribution in [0.1, 0.15) is 5.56 Å². The van der Waals surface area contributed by atoms with Gasteiger partial charge in [0.1, 0.15) is 5.02 Å². The molecule has 4 nitrogen and oxygen atoms in total. The van der Waals surface area contributed by atoms with E-state index < -0.39 is 0 Å². The van der Waals surface area contributed by atoms with Crippen LogP contribution in [0.2, 0.25) is 10.0 Å². The van der Waals surface area contributed by atoms with Crippen molar-refractivity contribution >= 4 is 51.5 Å². The Labute approximate surface area is 133 Å². The van der Waals surface area contributed by atoms with Gasteiger partial charge in [-0.25, -0.2) is 4.98 Å². The predicted molar refractivity (Wildman–Crippen MR) is 82.6 cm³/mol. The molecule has 0 aliphatic heterocycles. The number of nitrogens with two attached hydrogens (primary N) is 1. The van der Waals surface area contributed by atoms with Crippen LogP contribution in [0.3, 0.4) is 0 Å². The summed E-state index contributed by atoms with van der Waals surface area (Å²) in [5.41, 5.74) is 6.65. The minimum absolute atomic E-state index is 0.209. The van der Waals surface area contributed by atoms with Gasteiger partial charge >= 0.3 is 0 Å². The minimum Gasteiger partial charge on any atom is -0.434 e. The van der Waals surface area contributed by atoms with Gasteiger partial charge < -0.3 is 10.5 Å². The lowest BCUT2D eigenvalue weighted by atomic mass is 10.2. The second-order valence-electron chi connectivity index (χ2n) is 3.53. The highest BCUT2D eigenvalue weighted by molar-refractivity contribution is 14.1. The van der Waals surface area contributed by atoms with Gasteiger partial charge in [-0.3, -0.25) is 0 Å². The van der Waals surface area contributed by atoms with Crippen molar-refractivity contribution in [2.24, 2.45) is 0 Å². The number of hydrogen-bond donors (Lipinski definition) is 1. The fourth-order valence-corrected chi connectivity index (χ4v) is 2.54. The number of halogens is 3. The van der Waals surface area contributed by atoms with Crippen molar-refractivity contribution < 1.29 is 4.74 Å². The van der Waals surface area contributed by atoms with Crippen LogP contribution < -0.4 is 10.5 Å². The van der Waals surface area contributed by atoms with Gasteiger partial charge in [0, 0.05) is 6.20 Å². The fraction of sp³-hybridized carbons (Fsp3) is 0. The first-order chi connectivity index (χ1) is 9.01. The number of benzene rings is 1. The zero-order valence-corrected chi connectivity index (χ0v) is 13.0. The molecule has 0 bridgehead atoms. The Morgan fingerprint density at radius 2 is 2.05 bits per heavy atom. The number of pyridine rings is 1. The summed E-state index contributed by atoms with van der Waals surface area (Å²) < 4.78 is 6.28. The highest BCUT2D eigenvalue weighted by Gasteiger charge is 2.12. The first kappa shape index (κ1) is 14.2. The van der Waals surface area contributed by atoms with Crippen molar-refractivity contribution in [3.8, 4) is 17.7 Å². The molecule has 0 aliphatic carbocycles. The molecule has 0 atom stereocenters. The topological polar surface area (TPSA) is 71.9 Å². The number of anilines is 1. The maximum atomic E-state index is 8.84. The first-order valence-corrected chi connectivity index (χ1v) is 6.82. The van der Waals surface area contributed by atoms with E-state index in [1.165, 1.54) is 18.3 Å². The van der Waals surface area contributed by atoms with Crippen molar-refractivity contribution in [1.82, 2.24) is 4.98 Å². The zero-order valence-electron chi connectivity index (χ0n) is 9.32. The molecule has 96 valence electrons. The average Bonchev–Trinajstić information content (AvgIpc) is 2.35. The van der Waals surface area contributed by atoms with E-state index in [1.54, 1.807) is 6.07 Å². The van der Waals surface area contributed by atoms with E-state index >= 15 is 0 Å². The van der Waals surface area contributed by atoms with E-state index in [0.717, 1.165) is 0 Å². The zero-order chi connectivity index (χ0) is 14.0. The first-order valence-electron chi connectivity index (χ1n) is 4.99. The Bertz CT molecular complexity index is 662. The van der Waals surface area contributed by atoms with Crippen molar-refractivity contribution in [1.29, 1.82) is 5.26 Å². The average molecular weight is 406 g/mol. The van der Waals surface area contributed by atoms with Crippen LogP contribution in [0.4, 0.5) is 5.69 Å². The van der Waals surface area contributed by atoms with Crippen LogP contribution in [0, 0.1) is 14.9 Å². The lowest BCUT2D eigenvalue weighted by Crippen LogP contribution is -1.97. The number of nitrogens with zero attached hydrogens (tertiary/aromatic N) is 2. The number of ether oxygens (including phenoxy) is 1. The monoisotopic (exact) mass is 405 g/mol. The molecular weight excluding hydrogens is 400 g/mol. The number of nitrogen functional groups attached to an aromatic ring is 1. The van der Waals surface area contributed by atoms with E-state index in [4.69, 9.17) is 38.9 Å². The quantitative estimate of drug-likeness (QED) is 0.599. The molecule has 0 unspecified atom stereocenters. The van der Waals surface area contributed by atoms with E-state index in [-0.39, 0.29) is 10.9 Å². The Kier molecular flexibility index (Phi) is 4.34. The van der Waals surface area contributed by atoms with E-state index in [9.17, 15) is 0 Å². The molecule has 0 saturated carbocycles. The molecule has 0 fully saturated rings. The van der Waals surface area contributed by atoms with Crippen LogP contribution in [-0.4, -0.2) is 4.98 Å². The van der Waals surface area contributed by atoms with Gasteiger partial charge in [0.15, 0.2) is 5.75 Å². The van der Waals surface area contributed by atoms with Crippen molar-refractivity contribution in [3.05, 3.63) is 43.6 Å². The molecular formula is C12H6Cl2IN3O. The molecule has 1 aromatic heterocycles. The third kappa shape index (κ3) is 3.21. The summed E-state index contributed by atoms with van der Waals surface area (Å²) in [6.07, 6.45) is 1.43. The van der Waals surface area contributed by atoms with E-state index in [0.29, 0.717) is 25.6 Å². The molecule has 2 rings (SSSR count). The largest absolute Gasteiger partial charge is 0.434 e. The maximum Gasteiger partial charge on any atom is 0.238 e. The second-order valence-corrected chi connectivity index (χ2v) is 5.54. The van der Waals surface area contributed by atoms with Crippen LogP contribution in [-0.2, 0) is 0 Å². The standard InChI is InChI=1S/C12H6Cl2IN3O/c13-7-3-8(14)12(18-5-7)19-11-9(15)1-6(4-16)2-10(11)17/h1-3,5H,17H2. The molecule has 0 aliphatic rings. The molecule has 2 aromatic rings. The third-order valence-corrected chi connectivity index (χ3v) is 3.45. The van der Waals surface area contributed by atoms with Gasteiger partial charge in [-0.15, -0.1) is 0 Å². The van der Waals surface area contributed by atoms with Crippen molar-refractivity contribution in [2.75, 3.05) is 5.73 Å². The molecule has 1 heterocycles. The SMILES string of the molecule is N#Cc1cc(N)c(Oc2ncc(Cl)cc2Cl)c(I)c1. The summed E-state index contributed by atoms with van der Waals surface area (Å²) in [7, 11) is 0. The number of rotatable bonds is 2. The predicted octanol–water partition coefficient (Wildman–Crippen LogP) is 4.24. The summed E-state index contributed by atoms with van der Waals surface area (Å²) in [5.74, 6) is 0.622. The van der Waals surface area contributed by atoms with E-state index in [2.05, 4.69) is 4.98 Å². The molecule has 0 amide bonds. The fourth-order valence-electron chi connectivity index (χ4n) is 1.36. The van der Waals surface area contributed by atoms with Gasteiger partial charge in [0.2, 0.25) is 5.88 Å². The van der Waals surface area contributed by atoms with Crippen molar-refractivity contribution in [3.63, 3.8) is 0 Å². The Hall–Kier alpha value is -1.23. The van der Waals surface area contributed by atoms with Gasteiger partial charge in [-0.1, -0.05) is 23.2 Å². The molecule has 0 saturated heterocycles. The number of hydrogen-bond acceptors (Lipinski definition) is 4. The van der Waals surface area contributed by atoms with Crippen LogP contribution in [0.5, 0.6) is 11.6 Å². The van der Waals surface area contributed by atoms with Gasteiger partial charge in [-0.2, -0.15) is 5.26 Å².